The van der Waals surface area contributed by atoms with Crippen LogP contribution in [0.2, 0.25) is 0 Å². The zero-order valence-corrected chi connectivity index (χ0v) is 26.0. The molecule has 0 spiro atoms. The van der Waals surface area contributed by atoms with Gasteiger partial charge in [-0.05, 0) is 39.7 Å². The van der Waals surface area contributed by atoms with Crippen molar-refractivity contribution in [3.8, 4) is 51.0 Å². The molecule has 0 saturated heterocycles. The van der Waals surface area contributed by atoms with Crippen molar-refractivity contribution >= 4 is 32.6 Å². The molecule has 7 aromatic carbocycles. The Hall–Kier alpha value is -6.39. The first-order valence-electron chi connectivity index (χ1n) is 23.8. The minimum atomic E-state index is -3.65. The first kappa shape index (κ1) is 16.8. The third-order valence-electron chi connectivity index (χ3n) is 9.17. The third-order valence-corrected chi connectivity index (χ3v) is 9.17. The number of hydrogen-bond donors (Lipinski definition) is 0. The maximum absolute atomic E-state index is 9.55. The minimum absolute atomic E-state index is 0.139. The van der Waals surface area contributed by atoms with E-state index >= 15 is 0 Å². The summed E-state index contributed by atoms with van der Waals surface area (Å²) in [5.41, 5.74) is -4.47. The molecule has 50 heavy (non-hydrogen) atoms. The number of nitrogens with zero attached hydrogens (tertiary/aromatic N) is 4. The van der Waals surface area contributed by atoms with Crippen molar-refractivity contribution in [3.63, 3.8) is 0 Å². The summed E-state index contributed by atoms with van der Waals surface area (Å²) in [4.78, 5) is 14.6. The Labute approximate surface area is 312 Å². The Morgan fingerprint density at radius 2 is 1.18 bits per heavy atom. The van der Waals surface area contributed by atoms with Crippen LogP contribution in [0.25, 0.3) is 83.6 Å². The van der Waals surface area contributed by atoms with Crippen LogP contribution in [0.3, 0.4) is 0 Å². The Morgan fingerprint density at radius 3 is 1.94 bits per heavy atom. The minimum Gasteiger partial charge on any atom is -0.308 e. The lowest BCUT2D eigenvalue weighted by molar-refractivity contribution is 0.664. The molecule has 236 valence electrons. The normalized spacial score (nSPS) is 18.2. The molecule has 0 bridgehead atoms. The lowest BCUT2D eigenvalue weighted by Crippen LogP contribution is -2.16. The predicted molar refractivity (Wildman–Crippen MR) is 206 cm³/mol. The molecular weight excluding hydrogens is 609 g/mol. The van der Waals surface area contributed by atoms with Crippen LogP contribution < -0.4 is 0 Å². The van der Waals surface area contributed by atoms with E-state index in [0.717, 1.165) is 0 Å². The predicted octanol–water partition coefficient (Wildman–Crippen LogP) is 11.4. The molecule has 0 amide bonds. The maximum atomic E-state index is 9.55. The van der Waals surface area contributed by atoms with Gasteiger partial charge in [-0.3, -0.25) is 0 Å². The van der Waals surface area contributed by atoms with E-state index in [1.54, 1.807) is 36.4 Å². The molecule has 1 aliphatic rings. The average molecular weight is 657 g/mol. The molecule has 0 unspecified atom stereocenters. The van der Waals surface area contributed by atoms with Gasteiger partial charge in [0.15, 0.2) is 17.5 Å². The summed E-state index contributed by atoms with van der Waals surface area (Å²) in [6.45, 7) is -7.29. The zero-order chi connectivity index (χ0) is 47.1. The van der Waals surface area contributed by atoms with Gasteiger partial charge in [-0.25, -0.2) is 15.0 Å². The molecule has 2 aromatic heterocycles. The highest BCUT2D eigenvalue weighted by atomic mass is 15.0. The van der Waals surface area contributed by atoms with Gasteiger partial charge >= 0.3 is 0 Å². The Kier molecular flexibility index (Phi) is 3.64. The van der Waals surface area contributed by atoms with E-state index in [4.69, 9.17) is 31.4 Å². The van der Waals surface area contributed by atoms with E-state index in [0.29, 0.717) is 39.1 Å². The summed E-state index contributed by atoms with van der Waals surface area (Å²) >= 11 is 0. The molecule has 0 fully saturated rings. The van der Waals surface area contributed by atoms with E-state index < -0.39 is 102 Å². The largest absolute Gasteiger partial charge is 0.308 e. The van der Waals surface area contributed by atoms with E-state index in [2.05, 4.69) is 0 Å². The first-order valence-corrected chi connectivity index (χ1v) is 15.8. The van der Waals surface area contributed by atoms with Crippen LogP contribution in [-0.4, -0.2) is 19.5 Å². The van der Waals surface area contributed by atoms with Gasteiger partial charge in [-0.1, -0.05) is 159 Å². The lowest BCUT2D eigenvalue weighted by atomic mass is 9.81. The fraction of sp³-hybridized carbons (Fsp3) is 0.0652. The summed E-state index contributed by atoms with van der Waals surface area (Å²) in [5.74, 6) is 0.996. The van der Waals surface area contributed by atoms with E-state index in [1.807, 2.05) is 60.7 Å². The van der Waals surface area contributed by atoms with Gasteiger partial charge in [0.1, 0.15) is 0 Å². The van der Waals surface area contributed by atoms with Gasteiger partial charge in [0.2, 0.25) is 0 Å². The zero-order valence-electron chi connectivity index (χ0n) is 42.0. The monoisotopic (exact) mass is 656 g/mol. The molecule has 1 aliphatic carbocycles. The summed E-state index contributed by atoms with van der Waals surface area (Å²) in [6, 6.07) is 21.1. The molecule has 0 saturated carbocycles. The molecule has 0 aliphatic heterocycles. The number of fused-ring (bicyclic) bond motifs is 8. The molecule has 4 nitrogen and oxygen atoms in total. The maximum Gasteiger partial charge on any atom is 0.164 e. The second kappa shape index (κ2) is 10.8. The van der Waals surface area contributed by atoms with Crippen LogP contribution in [0.5, 0.6) is 0 Å². The third kappa shape index (κ3) is 4.15. The fourth-order valence-electron chi connectivity index (χ4n) is 6.97. The number of para-hydroxylation sites is 1. The van der Waals surface area contributed by atoms with Crippen molar-refractivity contribution in [2.75, 3.05) is 0 Å². The van der Waals surface area contributed by atoms with Crippen LogP contribution in [0.1, 0.15) is 46.8 Å². The van der Waals surface area contributed by atoms with E-state index in [1.165, 1.54) is 4.57 Å². The van der Waals surface area contributed by atoms with Crippen molar-refractivity contribution in [2.45, 2.75) is 19.1 Å². The molecule has 9 aromatic rings. The highest BCUT2D eigenvalue weighted by molar-refractivity contribution is 6.14. The van der Waals surface area contributed by atoms with Gasteiger partial charge < -0.3 is 4.57 Å². The summed E-state index contributed by atoms with van der Waals surface area (Å²) in [5, 5.41) is 0.207. The van der Waals surface area contributed by atoms with Crippen molar-refractivity contribution in [2.24, 2.45) is 0 Å². The molecule has 4 heteroatoms. The number of aromatic nitrogens is 4. The van der Waals surface area contributed by atoms with Crippen molar-refractivity contribution in [1.82, 2.24) is 19.5 Å². The van der Waals surface area contributed by atoms with Crippen LogP contribution in [0.15, 0.2) is 157 Å². The summed E-state index contributed by atoms with van der Waals surface area (Å²) < 4.78 is 147. The van der Waals surface area contributed by atoms with Crippen LogP contribution in [0.4, 0.5) is 0 Å². The Balaban J connectivity index is 1.42. The Bertz CT molecular complexity index is 3500. The fourth-order valence-corrected chi connectivity index (χ4v) is 6.97. The SMILES string of the molecule is [2H]c1c([2H])c([2H])c2c(c1[2H])-c1c([2H])c([2H])c3c4c([2H])c([2H])c([2H])c([2H])c4n(-c4cccc5c(-c6nc(-c7ccccc7)nc(-c7ccccc7)n6)cccc45)c3c1C2(C([2H])([2H])[2H])C([2H])([2H])[2H]. The number of rotatable bonds is 4. The van der Waals surface area contributed by atoms with Gasteiger partial charge in [-0.15, -0.1) is 0 Å². The van der Waals surface area contributed by atoms with Crippen LogP contribution in [-0.2, 0) is 5.41 Å². The van der Waals surface area contributed by atoms with E-state index in [-0.39, 0.29) is 33.3 Å². The average Bonchev–Trinajstić information content (AvgIpc) is 3.84. The van der Waals surface area contributed by atoms with Crippen molar-refractivity contribution in [1.29, 1.82) is 0 Å². The second-order valence-corrected chi connectivity index (χ2v) is 12.0. The van der Waals surface area contributed by atoms with Crippen molar-refractivity contribution in [3.05, 3.63) is 169 Å². The number of benzene rings is 7. The highest BCUT2D eigenvalue weighted by Crippen LogP contribution is 2.53. The van der Waals surface area contributed by atoms with E-state index in [9.17, 15) is 5.48 Å². The van der Waals surface area contributed by atoms with Gasteiger partial charge in [0.25, 0.3) is 0 Å². The van der Waals surface area contributed by atoms with Gasteiger partial charge in [0.05, 0.1) is 30.4 Å². The molecular formula is C46H32N4. The summed E-state index contributed by atoms with van der Waals surface area (Å²) in [6.07, 6.45) is 0. The second-order valence-electron chi connectivity index (χ2n) is 12.0. The quantitative estimate of drug-likeness (QED) is 0.189. The van der Waals surface area contributed by atoms with Gasteiger partial charge in [0, 0.05) is 46.5 Å². The van der Waals surface area contributed by atoms with Crippen LogP contribution >= 0.6 is 0 Å². The Morgan fingerprint density at radius 1 is 0.520 bits per heavy atom. The molecule has 2 heterocycles. The van der Waals surface area contributed by atoms with Crippen LogP contribution in [0, 0.1) is 0 Å². The topological polar surface area (TPSA) is 43.6 Å². The van der Waals surface area contributed by atoms with Crippen molar-refractivity contribution < 1.29 is 21.9 Å². The number of hydrogen-bond acceptors (Lipinski definition) is 3. The summed E-state index contributed by atoms with van der Waals surface area (Å²) in [7, 11) is 0. The lowest BCUT2D eigenvalue weighted by Gasteiger charge is -2.24. The highest BCUT2D eigenvalue weighted by Gasteiger charge is 2.38. The molecule has 0 atom stereocenters. The molecule has 0 radical (unpaired) electrons. The first-order chi connectivity index (χ1) is 31.2. The standard InChI is InChI=1S/C46H32N4/c1-46(2)38-24-11-9-19-32(38)35-27-28-36-34-20-10-12-25-39(34)50(42(36)41(35)46)40-26-14-21-31-33(40)22-13-23-37(31)45-48-43(29-15-5-3-6-16-29)47-44(49-45)30-17-7-4-8-18-30/h3-28H,1-2H3/i1D3,2D3,9D,10D,11D,12D,19D,20D,24D,25D,27D,28D. The molecule has 0 N–H and O–H groups in total. The van der Waals surface area contributed by atoms with Gasteiger partial charge in [-0.2, -0.15) is 0 Å². The molecule has 10 rings (SSSR count). The smallest absolute Gasteiger partial charge is 0.164 e.